The summed E-state index contributed by atoms with van der Waals surface area (Å²) in [7, 11) is 1.56. The van der Waals surface area contributed by atoms with E-state index in [1.165, 1.54) is 23.1 Å². The first-order chi connectivity index (χ1) is 11.5. The molecule has 1 aliphatic rings. The molecule has 1 N–H and O–H groups in total. The van der Waals surface area contributed by atoms with Crippen LogP contribution >= 0.6 is 23.8 Å². The number of phenols is 1. The van der Waals surface area contributed by atoms with Gasteiger partial charge in [-0.2, -0.15) is 0 Å². The van der Waals surface area contributed by atoms with Crippen LogP contribution in [0.25, 0.3) is 6.08 Å². The molecule has 1 amide bonds. The highest BCUT2D eigenvalue weighted by atomic mass is 35.5. The van der Waals surface area contributed by atoms with Crippen LogP contribution in [0.1, 0.15) is 5.56 Å². The van der Waals surface area contributed by atoms with Crippen LogP contribution < -0.4 is 9.64 Å². The van der Waals surface area contributed by atoms with Gasteiger partial charge in [0.05, 0.1) is 17.8 Å². The summed E-state index contributed by atoms with van der Waals surface area (Å²) in [6.45, 7) is 0. The van der Waals surface area contributed by atoms with Gasteiger partial charge in [-0.3, -0.25) is 4.79 Å². The average Bonchev–Trinajstić information content (AvgIpc) is 2.85. The number of methoxy groups -OCH3 is 1. The number of aromatic hydroxyl groups is 1. The molecule has 3 rings (SSSR count). The lowest BCUT2D eigenvalue weighted by atomic mass is 10.2. The maximum atomic E-state index is 12.6. The highest BCUT2D eigenvalue weighted by Crippen LogP contribution is 2.29. The number of thiocarbonyl (C=S) groups is 1. The van der Waals surface area contributed by atoms with Gasteiger partial charge in [-0.25, -0.2) is 4.90 Å². The molecule has 24 heavy (non-hydrogen) atoms. The third-order valence-corrected chi connectivity index (χ3v) is 3.96. The van der Waals surface area contributed by atoms with Gasteiger partial charge in [0.1, 0.15) is 11.5 Å². The Balaban J connectivity index is 1.90. The Morgan fingerprint density at radius 3 is 2.58 bits per heavy atom. The predicted octanol–water partition coefficient (Wildman–Crippen LogP) is 3.74. The zero-order valence-corrected chi connectivity index (χ0v) is 14.1. The summed E-state index contributed by atoms with van der Waals surface area (Å²) < 4.78 is 10.5. The van der Waals surface area contributed by atoms with E-state index in [0.717, 1.165) is 0 Å². The van der Waals surface area contributed by atoms with Crippen molar-refractivity contribution in [3.63, 3.8) is 0 Å². The molecule has 0 saturated carbocycles. The van der Waals surface area contributed by atoms with E-state index >= 15 is 0 Å². The highest BCUT2D eigenvalue weighted by Gasteiger charge is 2.34. The first kappa shape index (κ1) is 16.3. The molecule has 1 saturated heterocycles. The van der Waals surface area contributed by atoms with Crippen LogP contribution in [0.4, 0.5) is 5.69 Å². The number of benzene rings is 2. The summed E-state index contributed by atoms with van der Waals surface area (Å²) in [6, 6.07) is 11.5. The summed E-state index contributed by atoms with van der Waals surface area (Å²) >= 11 is 11.0. The van der Waals surface area contributed by atoms with Gasteiger partial charge in [0.25, 0.3) is 5.17 Å². The van der Waals surface area contributed by atoms with Crippen molar-refractivity contribution in [2.75, 3.05) is 12.0 Å². The van der Waals surface area contributed by atoms with Gasteiger partial charge < -0.3 is 14.6 Å². The lowest BCUT2D eigenvalue weighted by molar-refractivity contribution is -0.114. The number of carbonyl (C=O) groups excluding carboxylic acids is 1. The first-order valence-corrected chi connectivity index (χ1v) is 7.69. The second-order valence-electron chi connectivity index (χ2n) is 4.93. The molecule has 0 bridgehead atoms. The standard InChI is InChI=1S/C17H12ClNO4S/c1-22-12-5-3-11(4-6-12)19-16(21)15(23-17(19)24)9-10-2-7-14(20)13(18)8-10/h2-9,20H,1H3/b15-9+. The summed E-state index contributed by atoms with van der Waals surface area (Å²) in [5.74, 6) is 0.339. The molecule has 7 heteroatoms. The SMILES string of the molecule is COc1ccc(N2C(=O)/C(=C\c3ccc(O)c(Cl)c3)OC2=S)cc1. The monoisotopic (exact) mass is 361 g/mol. The fourth-order valence-electron chi connectivity index (χ4n) is 2.19. The normalized spacial score (nSPS) is 15.8. The Kier molecular flexibility index (Phi) is 4.42. The Morgan fingerprint density at radius 2 is 1.96 bits per heavy atom. The molecule has 122 valence electrons. The molecule has 0 spiro atoms. The minimum Gasteiger partial charge on any atom is -0.506 e. The molecule has 1 aliphatic heterocycles. The molecule has 0 unspecified atom stereocenters. The lowest BCUT2D eigenvalue weighted by Gasteiger charge is -2.12. The molecule has 0 aromatic heterocycles. The lowest BCUT2D eigenvalue weighted by Crippen LogP contribution is -2.27. The van der Waals surface area contributed by atoms with Crippen LogP contribution in [0, 0.1) is 0 Å². The van der Waals surface area contributed by atoms with Gasteiger partial charge in [0.2, 0.25) is 0 Å². The first-order valence-electron chi connectivity index (χ1n) is 6.90. The van der Waals surface area contributed by atoms with Crippen molar-refractivity contribution in [1.82, 2.24) is 0 Å². The number of anilines is 1. The number of amides is 1. The molecule has 5 nitrogen and oxygen atoms in total. The number of ether oxygens (including phenoxy) is 2. The smallest absolute Gasteiger partial charge is 0.301 e. The van der Waals surface area contributed by atoms with E-state index in [9.17, 15) is 9.90 Å². The Bertz CT molecular complexity index is 848. The fourth-order valence-corrected chi connectivity index (χ4v) is 2.65. The topological polar surface area (TPSA) is 59.0 Å². The number of carbonyl (C=O) groups is 1. The van der Waals surface area contributed by atoms with Crippen molar-refractivity contribution in [3.8, 4) is 11.5 Å². The molecule has 0 radical (unpaired) electrons. The van der Waals surface area contributed by atoms with E-state index in [4.69, 9.17) is 33.3 Å². The molecule has 2 aromatic rings. The van der Waals surface area contributed by atoms with Crippen LogP contribution in [0.3, 0.4) is 0 Å². The van der Waals surface area contributed by atoms with E-state index < -0.39 is 0 Å². The van der Waals surface area contributed by atoms with Crippen molar-refractivity contribution >= 4 is 46.7 Å². The minimum atomic E-state index is -0.380. The minimum absolute atomic E-state index is 0.0344. The third kappa shape index (κ3) is 3.06. The van der Waals surface area contributed by atoms with Gasteiger partial charge in [-0.15, -0.1) is 0 Å². The van der Waals surface area contributed by atoms with Crippen molar-refractivity contribution in [1.29, 1.82) is 0 Å². The molecule has 0 aliphatic carbocycles. The van der Waals surface area contributed by atoms with Crippen molar-refractivity contribution in [3.05, 3.63) is 58.8 Å². The van der Waals surface area contributed by atoms with E-state index in [2.05, 4.69) is 0 Å². The summed E-state index contributed by atoms with van der Waals surface area (Å²) in [5, 5.41) is 9.67. The largest absolute Gasteiger partial charge is 0.506 e. The Morgan fingerprint density at radius 1 is 1.25 bits per heavy atom. The quantitative estimate of drug-likeness (QED) is 0.666. The van der Waals surface area contributed by atoms with E-state index in [0.29, 0.717) is 17.0 Å². The van der Waals surface area contributed by atoms with Crippen LogP contribution in [-0.4, -0.2) is 23.3 Å². The number of phenolic OH excluding ortho intramolecular Hbond substituents is 1. The molecule has 2 aromatic carbocycles. The van der Waals surface area contributed by atoms with E-state index in [1.807, 2.05) is 0 Å². The number of nitrogens with zero attached hydrogens (tertiary/aromatic N) is 1. The number of hydrogen-bond acceptors (Lipinski definition) is 5. The molecule has 1 heterocycles. The predicted molar refractivity (Wildman–Crippen MR) is 95.3 cm³/mol. The summed E-state index contributed by atoms with van der Waals surface area (Å²) in [5.41, 5.74) is 1.19. The van der Waals surface area contributed by atoms with Crippen molar-refractivity contribution < 1.29 is 19.4 Å². The summed E-state index contributed by atoms with van der Waals surface area (Å²) in [6.07, 6.45) is 1.52. The van der Waals surface area contributed by atoms with Crippen LogP contribution in [0.15, 0.2) is 48.2 Å². The summed E-state index contributed by atoms with van der Waals surface area (Å²) in [4.78, 5) is 13.9. The van der Waals surface area contributed by atoms with Crippen LogP contribution in [0.2, 0.25) is 5.02 Å². The Labute approximate surface area is 148 Å². The van der Waals surface area contributed by atoms with Gasteiger partial charge in [-0.05, 0) is 60.3 Å². The third-order valence-electron chi connectivity index (χ3n) is 3.39. The van der Waals surface area contributed by atoms with E-state index in [-0.39, 0.29) is 27.6 Å². The average molecular weight is 362 g/mol. The maximum absolute atomic E-state index is 12.6. The molecular weight excluding hydrogens is 350 g/mol. The maximum Gasteiger partial charge on any atom is 0.301 e. The highest BCUT2D eigenvalue weighted by molar-refractivity contribution is 7.80. The van der Waals surface area contributed by atoms with Crippen molar-refractivity contribution in [2.24, 2.45) is 0 Å². The second kappa shape index (κ2) is 6.51. The van der Waals surface area contributed by atoms with Gasteiger partial charge in [0.15, 0.2) is 5.76 Å². The molecule has 1 fully saturated rings. The van der Waals surface area contributed by atoms with Gasteiger partial charge >= 0.3 is 5.91 Å². The van der Waals surface area contributed by atoms with Crippen LogP contribution in [-0.2, 0) is 9.53 Å². The fraction of sp³-hybridized carbons (Fsp3) is 0.0588. The molecular formula is C17H12ClNO4S. The number of halogens is 1. The van der Waals surface area contributed by atoms with E-state index in [1.54, 1.807) is 37.4 Å². The zero-order chi connectivity index (χ0) is 17.3. The Hall–Kier alpha value is -2.57. The van der Waals surface area contributed by atoms with Gasteiger partial charge in [-0.1, -0.05) is 17.7 Å². The van der Waals surface area contributed by atoms with Crippen LogP contribution in [0.5, 0.6) is 11.5 Å². The number of rotatable bonds is 3. The van der Waals surface area contributed by atoms with Gasteiger partial charge in [0, 0.05) is 0 Å². The number of hydrogen-bond donors (Lipinski definition) is 1. The second-order valence-corrected chi connectivity index (χ2v) is 5.68. The van der Waals surface area contributed by atoms with Crippen molar-refractivity contribution in [2.45, 2.75) is 0 Å². The molecule has 0 atom stereocenters. The zero-order valence-electron chi connectivity index (χ0n) is 12.5.